The lowest BCUT2D eigenvalue weighted by atomic mass is 10.1. The highest BCUT2D eigenvalue weighted by atomic mass is 19.4. The maximum atomic E-state index is 13.0. The third-order valence-electron chi connectivity index (χ3n) is 6.14. The third-order valence-corrected chi connectivity index (χ3v) is 6.14. The van der Waals surface area contributed by atoms with Crippen molar-refractivity contribution in [2.45, 2.75) is 38.5 Å². The molecule has 2 N–H and O–H groups in total. The second kappa shape index (κ2) is 10.7. The molecule has 2 aliphatic rings. The fraction of sp³-hybridized carbons (Fsp3) is 0.522. The van der Waals surface area contributed by atoms with Crippen LogP contribution in [0.2, 0.25) is 0 Å². The van der Waals surface area contributed by atoms with Crippen LogP contribution in [0, 0.1) is 0 Å². The molecule has 0 aliphatic carbocycles. The van der Waals surface area contributed by atoms with Gasteiger partial charge < -0.3 is 24.6 Å². The Morgan fingerprint density at radius 2 is 2.11 bits per heavy atom. The molecule has 2 aromatic heterocycles. The van der Waals surface area contributed by atoms with E-state index in [9.17, 15) is 27.6 Å². The Labute approximate surface area is 209 Å². The highest BCUT2D eigenvalue weighted by Crippen LogP contribution is 2.38. The maximum Gasteiger partial charge on any atom is 0.418 e. The van der Waals surface area contributed by atoms with Crippen LogP contribution in [0.15, 0.2) is 23.3 Å². The molecule has 2 aliphatic heterocycles. The van der Waals surface area contributed by atoms with Gasteiger partial charge in [0, 0.05) is 31.9 Å². The number of pyridine rings is 1. The van der Waals surface area contributed by atoms with Crippen LogP contribution >= 0.6 is 0 Å². The molecule has 2 aromatic rings. The van der Waals surface area contributed by atoms with E-state index in [1.54, 1.807) is 11.8 Å². The van der Waals surface area contributed by atoms with Crippen LogP contribution in [-0.2, 0) is 15.7 Å². The van der Waals surface area contributed by atoms with E-state index in [0.717, 1.165) is 12.3 Å². The molecule has 0 aromatic carbocycles. The molecule has 4 rings (SSSR count). The van der Waals surface area contributed by atoms with E-state index in [1.165, 1.54) is 13.1 Å². The fourth-order valence-electron chi connectivity index (χ4n) is 4.35. The lowest BCUT2D eigenvalue weighted by Crippen LogP contribution is -2.58. The number of aromatic nitrogens is 3. The van der Waals surface area contributed by atoms with Gasteiger partial charge in [-0.25, -0.2) is 10.1 Å². The number of fused-ring (bicyclic) bond motifs is 3. The topological polar surface area (TPSA) is 130 Å². The zero-order valence-electron chi connectivity index (χ0n) is 20.3. The van der Waals surface area contributed by atoms with Crippen LogP contribution < -0.4 is 20.5 Å². The molecule has 1 fully saturated rings. The number of hydrogen-bond acceptors (Lipinski definition) is 9. The third kappa shape index (κ3) is 6.01. The van der Waals surface area contributed by atoms with Gasteiger partial charge in [0.05, 0.1) is 43.1 Å². The van der Waals surface area contributed by atoms with Crippen molar-refractivity contribution in [3.8, 4) is 5.75 Å². The highest BCUT2D eigenvalue weighted by molar-refractivity contribution is 5.98. The van der Waals surface area contributed by atoms with Gasteiger partial charge in [-0.15, -0.1) is 0 Å². The summed E-state index contributed by atoms with van der Waals surface area (Å²) in [5.74, 6) is -0.0549. The standard InChI is InChI=1S/C23H27F3N6O5/c1-13(29-17-9-28-30-22(35)20(17)14(2)33)11-36-6-3-19(34)31-4-5-32-16(10-31)12-37-18-7-15(23(24,25)26)8-27-21(18)32/h7-9,13,16H,3-6,10-12H2,1-2H3,(H2,29,30,35)/t13-,16?/m0/s1. The van der Waals surface area contributed by atoms with Crippen LogP contribution in [0.3, 0.4) is 0 Å². The van der Waals surface area contributed by atoms with E-state index in [4.69, 9.17) is 9.47 Å². The summed E-state index contributed by atoms with van der Waals surface area (Å²) in [5.41, 5.74) is -1.15. The van der Waals surface area contributed by atoms with Crippen molar-refractivity contribution in [1.29, 1.82) is 0 Å². The normalized spacial score (nSPS) is 17.9. The first kappa shape index (κ1) is 26.4. The number of carbonyl (C=O) groups excluding carboxylic acids is 2. The van der Waals surface area contributed by atoms with Gasteiger partial charge in [0.15, 0.2) is 17.4 Å². The number of H-pyrrole nitrogens is 1. The van der Waals surface area contributed by atoms with Crippen molar-refractivity contribution >= 4 is 23.2 Å². The molecule has 1 unspecified atom stereocenters. The number of Topliss-reactive ketones (excluding diaryl/α,β-unsaturated/α-hetero) is 1. The van der Waals surface area contributed by atoms with Crippen LogP contribution in [-0.4, -0.2) is 83.3 Å². The number of nitrogens with one attached hydrogen (secondary N) is 2. The number of anilines is 2. The zero-order valence-corrected chi connectivity index (χ0v) is 20.3. The van der Waals surface area contributed by atoms with Crippen molar-refractivity contribution in [1.82, 2.24) is 20.1 Å². The van der Waals surface area contributed by atoms with Crippen molar-refractivity contribution in [3.05, 3.63) is 39.9 Å². The molecule has 0 radical (unpaired) electrons. The lowest BCUT2D eigenvalue weighted by molar-refractivity contribution is -0.138. The Kier molecular flexibility index (Phi) is 7.66. The van der Waals surface area contributed by atoms with Gasteiger partial charge in [0.25, 0.3) is 5.56 Å². The fourth-order valence-corrected chi connectivity index (χ4v) is 4.35. The maximum absolute atomic E-state index is 13.0. The van der Waals surface area contributed by atoms with Gasteiger partial charge in [0.2, 0.25) is 5.91 Å². The largest absolute Gasteiger partial charge is 0.487 e. The van der Waals surface area contributed by atoms with Crippen molar-refractivity contribution in [2.24, 2.45) is 0 Å². The van der Waals surface area contributed by atoms with Gasteiger partial charge in [-0.1, -0.05) is 0 Å². The molecular weight excluding hydrogens is 497 g/mol. The number of aromatic amines is 1. The number of nitrogens with zero attached hydrogens (tertiary/aromatic N) is 4. The molecule has 0 bridgehead atoms. The zero-order chi connectivity index (χ0) is 26.7. The number of piperazine rings is 1. The highest BCUT2D eigenvalue weighted by Gasteiger charge is 2.38. The first-order valence-corrected chi connectivity index (χ1v) is 11.7. The van der Waals surface area contributed by atoms with Crippen LogP contribution in [0.25, 0.3) is 0 Å². The lowest BCUT2D eigenvalue weighted by Gasteiger charge is -2.44. The monoisotopic (exact) mass is 524 g/mol. The van der Waals surface area contributed by atoms with E-state index in [-0.39, 0.29) is 55.5 Å². The number of ether oxygens (including phenoxy) is 2. The van der Waals surface area contributed by atoms with Gasteiger partial charge in [-0.3, -0.25) is 14.4 Å². The smallest absolute Gasteiger partial charge is 0.418 e. The van der Waals surface area contributed by atoms with Crippen LogP contribution in [0.1, 0.15) is 36.2 Å². The van der Waals surface area contributed by atoms with E-state index >= 15 is 0 Å². The van der Waals surface area contributed by atoms with Crippen molar-refractivity contribution < 1.29 is 32.2 Å². The number of amides is 1. The number of ketones is 1. The number of hydrogen-bond donors (Lipinski definition) is 2. The Hall–Kier alpha value is -3.68. The minimum absolute atomic E-state index is 0.0125. The van der Waals surface area contributed by atoms with Crippen molar-refractivity contribution in [3.63, 3.8) is 0 Å². The van der Waals surface area contributed by atoms with Gasteiger partial charge in [-0.2, -0.15) is 18.3 Å². The first-order valence-electron chi connectivity index (χ1n) is 11.7. The molecule has 0 spiro atoms. The SMILES string of the molecule is CC(=O)c1c(N[C@@H](C)COCCC(=O)N2CCN3c4ncc(C(F)(F)F)cc4OCC3C2)cn[nH]c1=O. The van der Waals surface area contributed by atoms with Gasteiger partial charge >= 0.3 is 6.18 Å². The first-order chi connectivity index (χ1) is 17.5. The Morgan fingerprint density at radius 1 is 1.32 bits per heavy atom. The molecule has 14 heteroatoms. The molecule has 11 nitrogen and oxygen atoms in total. The van der Waals surface area contributed by atoms with E-state index in [2.05, 4.69) is 20.5 Å². The minimum Gasteiger partial charge on any atom is -0.487 e. The molecule has 0 saturated carbocycles. The molecule has 4 heterocycles. The average Bonchev–Trinajstić information content (AvgIpc) is 2.85. The van der Waals surface area contributed by atoms with E-state index in [0.29, 0.717) is 31.1 Å². The van der Waals surface area contributed by atoms with Crippen LogP contribution in [0.4, 0.5) is 24.7 Å². The number of carbonyl (C=O) groups is 2. The molecule has 1 saturated heterocycles. The Morgan fingerprint density at radius 3 is 2.84 bits per heavy atom. The molecule has 2 atom stereocenters. The molecule has 200 valence electrons. The second-order valence-electron chi connectivity index (χ2n) is 8.96. The quantitative estimate of drug-likeness (QED) is 0.392. The summed E-state index contributed by atoms with van der Waals surface area (Å²) >= 11 is 0. The summed E-state index contributed by atoms with van der Waals surface area (Å²) in [5, 5.41) is 8.95. The van der Waals surface area contributed by atoms with Crippen molar-refractivity contribution in [2.75, 3.05) is 49.7 Å². The number of rotatable bonds is 8. The molecular formula is C23H27F3N6O5. The summed E-state index contributed by atoms with van der Waals surface area (Å²) in [4.78, 5) is 43.8. The number of alkyl halides is 3. The Balaban J connectivity index is 1.24. The molecule has 37 heavy (non-hydrogen) atoms. The van der Waals surface area contributed by atoms with E-state index < -0.39 is 23.1 Å². The predicted molar refractivity (Wildman–Crippen MR) is 126 cm³/mol. The Bertz CT molecular complexity index is 1220. The van der Waals surface area contributed by atoms with Gasteiger partial charge in [0.1, 0.15) is 12.2 Å². The van der Waals surface area contributed by atoms with Gasteiger partial charge in [-0.05, 0) is 19.9 Å². The van der Waals surface area contributed by atoms with Crippen LogP contribution in [0.5, 0.6) is 5.75 Å². The summed E-state index contributed by atoms with van der Waals surface area (Å²) < 4.78 is 50.1. The minimum atomic E-state index is -4.50. The summed E-state index contributed by atoms with van der Waals surface area (Å²) in [6, 6.07) is 0.485. The van der Waals surface area contributed by atoms with E-state index in [1.807, 2.05) is 4.90 Å². The number of halogens is 3. The summed E-state index contributed by atoms with van der Waals surface area (Å²) in [6.07, 6.45) is -2.20. The average molecular weight is 525 g/mol. The molecule has 1 amide bonds. The summed E-state index contributed by atoms with van der Waals surface area (Å²) in [7, 11) is 0. The summed E-state index contributed by atoms with van der Waals surface area (Å²) in [6.45, 7) is 4.84. The second-order valence-corrected chi connectivity index (χ2v) is 8.96. The predicted octanol–water partition coefficient (Wildman–Crippen LogP) is 1.70.